The van der Waals surface area contributed by atoms with Crippen molar-refractivity contribution in [1.82, 2.24) is 10.4 Å². The molecular formula is C21H23BrN4O3. The fourth-order valence-electron chi connectivity index (χ4n) is 2.53. The zero-order valence-corrected chi connectivity index (χ0v) is 18.4. The van der Waals surface area contributed by atoms with Crippen molar-refractivity contribution in [3.63, 3.8) is 0 Å². The first kappa shape index (κ1) is 22.5. The van der Waals surface area contributed by atoms with E-state index in [2.05, 4.69) is 51.4 Å². The van der Waals surface area contributed by atoms with Crippen LogP contribution in [0.25, 0.3) is 0 Å². The minimum Gasteiger partial charge on any atom is -0.467 e. The maximum absolute atomic E-state index is 12.0. The molecule has 7 nitrogen and oxygen atoms in total. The van der Waals surface area contributed by atoms with E-state index >= 15 is 0 Å². The Bertz CT molecular complexity index is 934. The van der Waals surface area contributed by atoms with Crippen LogP contribution in [0.15, 0.2) is 33.8 Å². The Morgan fingerprint density at radius 1 is 1.38 bits per heavy atom. The van der Waals surface area contributed by atoms with Crippen molar-refractivity contribution in [2.45, 2.75) is 33.3 Å². The van der Waals surface area contributed by atoms with Crippen molar-refractivity contribution in [1.29, 1.82) is 5.26 Å². The number of aromatic nitrogens is 1. The van der Waals surface area contributed by atoms with E-state index in [1.165, 1.54) is 12.7 Å². The van der Waals surface area contributed by atoms with Crippen LogP contribution in [0.1, 0.15) is 47.7 Å². The lowest BCUT2D eigenvalue weighted by Crippen LogP contribution is -2.25. The van der Waals surface area contributed by atoms with Gasteiger partial charge in [0.25, 0.3) is 5.91 Å². The molecule has 8 heteroatoms. The molecule has 0 aliphatic rings. The average molecular weight is 459 g/mol. The topological polar surface area (TPSA) is 96.6 Å². The summed E-state index contributed by atoms with van der Waals surface area (Å²) in [6.07, 6.45) is 1.56. The molecule has 0 fully saturated rings. The van der Waals surface area contributed by atoms with Gasteiger partial charge in [-0.05, 0) is 39.9 Å². The van der Waals surface area contributed by atoms with Crippen LogP contribution in [-0.4, -0.2) is 30.8 Å². The SMILES string of the molecule is COCc1c(Br)c(C)nc(OCC(=O)N/N=C\c2ccc(C(C)C)cc2)c1C#N. The molecule has 0 saturated heterocycles. The number of nitrogens with zero attached hydrogens (tertiary/aromatic N) is 3. The van der Waals surface area contributed by atoms with E-state index in [-0.39, 0.29) is 24.7 Å². The van der Waals surface area contributed by atoms with Gasteiger partial charge >= 0.3 is 0 Å². The van der Waals surface area contributed by atoms with Crippen LogP contribution < -0.4 is 10.2 Å². The van der Waals surface area contributed by atoms with Gasteiger partial charge in [0.05, 0.1) is 18.5 Å². The summed E-state index contributed by atoms with van der Waals surface area (Å²) < 4.78 is 11.3. The van der Waals surface area contributed by atoms with Gasteiger partial charge in [-0.2, -0.15) is 10.4 Å². The minimum absolute atomic E-state index is 0.0867. The molecule has 0 aliphatic heterocycles. The van der Waals surface area contributed by atoms with E-state index in [1.807, 2.05) is 24.3 Å². The largest absolute Gasteiger partial charge is 0.467 e. The Labute approximate surface area is 178 Å². The van der Waals surface area contributed by atoms with Crippen LogP contribution in [0.2, 0.25) is 0 Å². The fraction of sp³-hybridized carbons (Fsp3) is 0.333. The molecule has 0 unspecified atom stereocenters. The number of hydrogen-bond donors (Lipinski definition) is 1. The van der Waals surface area contributed by atoms with Gasteiger partial charge in [-0.3, -0.25) is 4.79 Å². The second-order valence-electron chi connectivity index (χ2n) is 6.62. The summed E-state index contributed by atoms with van der Waals surface area (Å²) in [4.78, 5) is 16.3. The molecule has 29 heavy (non-hydrogen) atoms. The average Bonchev–Trinajstić information content (AvgIpc) is 2.70. The number of halogens is 1. The van der Waals surface area contributed by atoms with Crippen LogP contribution in [-0.2, 0) is 16.1 Å². The number of benzene rings is 1. The first-order chi connectivity index (χ1) is 13.9. The monoisotopic (exact) mass is 458 g/mol. The summed E-state index contributed by atoms with van der Waals surface area (Å²) in [6, 6.07) is 9.99. The summed E-state index contributed by atoms with van der Waals surface area (Å²) in [5, 5.41) is 13.4. The van der Waals surface area contributed by atoms with Crippen molar-refractivity contribution in [2.75, 3.05) is 13.7 Å². The summed E-state index contributed by atoms with van der Waals surface area (Å²) in [5.74, 6) is 0.0830. The first-order valence-corrected chi connectivity index (χ1v) is 9.79. The molecule has 1 heterocycles. The highest BCUT2D eigenvalue weighted by Crippen LogP contribution is 2.29. The van der Waals surface area contributed by atoms with Crippen molar-refractivity contribution in [3.8, 4) is 11.9 Å². The van der Waals surface area contributed by atoms with Crippen LogP contribution in [0.4, 0.5) is 0 Å². The van der Waals surface area contributed by atoms with E-state index < -0.39 is 5.91 Å². The second-order valence-corrected chi connectivity index (χ2v) is 7.41. The molecule has 1 N–H and O–H groups in total. The molecule has 1 aromatic heterocycles. The molecule has 1 aromatic carbocycles. The zero-order valence-electron chi connectivity index (χ0n) is 16.8. The van der Waals surface area contributed by atoms with E-state index in [0.29, 0.717) is 21.6 Å². The molecule has 0 aliphatic carbocycles. The third kappa shape index (κ3) is 6.11. The lowest BCUT2D eigenvalue weighted by Gasteiger charge is -2.13. The Morgan fingerprint density at radius 3 is 2.66 bits per heavy atom. The maximum Gasteiger partial charge on any atom is 0.278 e. The zero-order chi connectivity index (χ0) is 21.4. The summed E-state index contributed by atoms with van der Waals surface area (Å²) in [6.45, 7) is 5.92. The predicted molar refractivity (Wildman–Crippen MR) is 114 cm³/mol. The fourth-order valence-corrected chi connectivity index (χ4v) is 2.93. The number of hydrazone groups is 1. The van der Waals surface area contributed by atoms with Gasteiger partial charge in [-0.15, -0.1) is 0 Å². The molecule has 2 rings (SSSR count). The van der Waals surface area contributed by atoms with Gasteiger partial charge in [0.1, 0.15) is 11.6 Å². The van der Waals surface area contributed by atoms with Gasteiger partial charge in [0, 0.05) is 17.1 Å². The molecule has 0 saturated carbocycles. The number of methoxy groups -OCH3 is 1. The summed E-state index contributed by atoms with van der Waals surface area (Å²) >= 11 is 3.41. The Balaban J connectivity index is 1.99. The molecule has 0 atom stereocenters. The number of carbonyl (C=O) groups excluding carboxylic acids is 1. The smallest absolute Gasteiger partial charge is 0.278 e. The van der Waals surface area contributed by atoms with Crippen LogP contribution in [0.3, 0.4) is 0 Å². The second kappa shape index (κ2) is 10.7. The standard InChI is InChI=1S/C21H23BrN4O3/c1-13(2)16-7-5-15(6-8-16)10-24-26-19(27)12-29-21-17(9-23)18(11-28-4)20(22)14(3)25-21/h5-8,10,13H,11-12H2,1-4H3,(H,26,27)/b24-10-. The highest BCUT2D eigenvalue weighted by molar-refractivity contribution is 9.10. The lowest BCUT2D eigenvalue weighted by molar-refractivity contribution is -0.123. The molecule has 0 bridgehead atoms. The number of carbonyl (C=O) groups is 1. The van der Waals surface area contributed by atoms with E-state index in [4.69, 9.17) is 9.47 Å². The van der Waals surface area contributed by atoms with Crippen molar-refractivity contribution < 1.29 is 14.3 Å². The number of nitrogens with one attached hydrogen (secondary N) is 1. The van der Waals surface area contributed by atoms with Crippen LogP contribution in [0, 0.1) is 18.3 Å². The Kier molecular flexibility index (Phi) is 8.31. The quantitative estimate of drug-likeness (QED) is 0.478. The molecule has 2 aromatic rings. The number of amides is 1. The number of nitriles is 1. The maximum atomic E-state index is 12.0. The number of pyridine rings is 1. The molecule has 0 radical (unpaired) electrons. The first-order valence-electron chi connectivity index (χ1n) is 9.00. The highest BCUT2D eigenvalue weighted by Gasteiger charge is 2.18. The normalized spacial score (nSPS) is 10.9. The third-order valence-corrected chi connectivity index (χ3v) is 5.17. The summed E-state index contributed by atoms with van der Waals surface area (Å²) in [7, 11) is 1.53. The van der Waals surface area contributed by atoms with Crippen LogP contribution in [0.5, 0.6) is 5.88 Å². The third-order valence-electron chi connectivity index (χ3n) is 4.11. The van der Waals surface area contributed by atoms with Gasteiger partial charge in [0.15, 0.2) is 6.61 Å². The number of aryl methyl sites for hydroxylation is 1. The Morgan fingerprint density at radius 2 is 2.07 bits per heavy atom. The number of rotatable bonds is 8. The van der Waals surface area contributed by atoms with Crippen LogP contribution >= 0.6 is 15.9 Å². The van der Waals surface area contributed by atoms with E-state index in [9.17, 15) is 10.1 Å². The van der Waals surface area contributed by atoms with Crippen molar-refractivity contribution in [3.05, 3.63) is 56.7 Å². The van der Waals surface area contributed by atoms with Gasteiger partial charge in [0.2, 0.25) is 5.88 Å². The van der Waals surface area contributed by atoms with Crippen molar-refractivity contribution >= 4 is 28.1 Å². The number of ether oxygens (including phenoxy) is 2. The van der Waals surface area contributed by atoms with Gasteiger partial charge in [-0.25, -0.2) is 10.4 Å². The molecule has 1 amide bonds. The molecular weight excluding hydrogens is 436 g/mol. The van der Waals surface area contributed by atoms with Crippen molar-refractivity contribution in [2.24, 2.45) is 5.10 Å². The Hall–Kier alpha value is -2.76. The van der Waals surface area contributed by atoms with Gasteiger partial charge in [-0.1, -0.05) is 38.1 Å². The highest BCUT2D eigenvalue weighted by atomic mass is 79.9. The van der Waals surface area contributed by atoms with E-state index in [0.717, 1.165) is 5.56 Å². The lowest BCUT2D eigenvalue weighted by atomic mass is 10.0. The molecule has 0 spiro atoms. The van der Waals surface area contributed by atoms with Gasteiger partial charge < -0.3 is 9.47 Å². The number of hydrogen-bond acceptors (Lipinski definition) is 6. The summed E-state index contributed by atoms with van der Waals surface area (Å²) in [5.41, 5.74) is 6.00. The molecule has 152 valence electrons. The van der Waals surface area contributed by atoms with E-state index in [1.54, 1.807) is 13.1 Å². The minimum atomic E-state index is -0.459. The predicted octanol–water partition coefficient (Wildman–Crippen LogP) is 3.82.